The summed E-state index contributed by atoms with van der Waals surface area (Å²) in [6.07, 6.45) is 0.678. The lowest BCUT2D eigenvalue weighted by molar-refractivity contribution is 0.0995. The Kier molecular flexibility index (Phi) is 4.58. The molecule has 1 heterocycles. The summed E-state index contributed by atoms with van der Waals surface area (Å²) >= 11 is 2.19. The van der Waals surface area contributed by atoms with Gasteiger partial charge in [0, 0.05) is 9.99 Å². The molecular weight excluding hydrogens is 389 g/mol. The molecule has 22 heavy (non-hydrogen) atoms. The highest BCUT2D eigenvalue weighted by Crippen LogP contribution is 2.19. The van der Waals surface area contributed by atoms with Crippen LogP contribution in [0.5, 0.6) is 0 Å². The first-order valence-electron chi connectivity index (χ1n) is 6.91. The van der Waals surface area contributed by atoms with Gasteiger partial charge in [0.05, 0.1) is 5.69 Å². The van der Waals surface area contributed by atoms with Crippen LogP contribution in [0.15, 0.2) is 71.1 Å². The van der Waals surface area contributed by atoms with Crippen LogP contribution in [-0.2, 0) is 6.42 Å². The normalized spacial score (nSPS) is 10.4. The molecule has 0 saturated carbocycles. The Morgan fingerprint density at radius 2 is 1.68 bits per heavy atom. The summed E-state index contributed by atoms with van der Waals surface area (Å²) in [7, 11) is 0. The molecule has 0 aliphatic rings. The van der Waals surface area contributed by atoms with Gasteiger partial charge in [0.15, 0.2) is 5.76 Å². The molecular formula is C18H14INO2. The predicted octanol–water partition coefficient (Wildman–Crippen LogP) is 4.73. The Labute approximate surface area is 142 Å². The van der Waals surface area contributed by atoms with Gasteiger partial charge in [-0.2, -0.15) is 0 Å². The second-order valence-corrected chi connectivity index (χ2v) is 6.02. The smallest absolute Gasteiger partial charge is 0.291 e. The van der Waals surface area contributed by atoms with Gasteiger partial charge in [0.25, 0.3) is 5.91 Å². The van der Waals surface area contributed by atoms with E-state index in [0.717, 1.165) is 20.6 Å². The number of furan rings is 1. The van der Waals surface area contributed by atoms with E-state index in [1.807, 2.05) is 60.7 Å². The van der Waals surface area contributed by atoms with E-state index >= 15 is 0 Å². The molecule has 0 unspecified atom stereocenters. The van der Waals surface area contributed by atoms with Gasteiger partial charge >= 0.3 is 0 Å². The summed E-state index contributed by atoms with van der Waals surface area (Å²) in [6.45, 7) is 0. The summed E-state index contributed by atoms with van der Waals surface area (Å²) < 4.78 is 6.64. The van der Waals surface area contributed by atoms with E-state index in [1.54, 1.807) is 6.07 Å². The van der Waals surface area contributed by atoms with Crippen LogP contribution in [0.4, 0.5) is 5.69 Å². The molecule has 0 aliphatic heterocycles. The molecule has 0 saturated heterocycles. The second kappa shape index (κ2) is 6.79. The van der Waals surface area contributed by atoms with Gasteiger partial charge in [-0.3, -0.25) is 4.79 Å². The summed E-state index contributed by atoms with van der Waals surface area (Å²) in [5, 5.41) is 2.86. The van der Waals surface area contributed by atoms with Gasteiger partial charge in [-0.1, -0.05) is 42.5 Å². The van der Waals surface area contributed by atoms with E-state index in [9.17, 15) is 4.79 Å². The van der Waals surface area contributed by atoms with Gasteiger partial charge in [0.1, 0.15) is 5.76 Å². The van der Waals surface area contributed by atoms with Crippen LogP contribution < -0.4 is 5.32 Å². The third kappa shape index (κ3) is 3.57. The fourth-order valence-electron chi connectivity index (χ4n) is 2.14. The fourth-order valence-corrected chi connectivity index (χ4v) is 2.66. The van der Waals surface area contributed by atoms with Crippen LogP contribution in [0.2, 0.25) is 0 Å². The maximum absolute atomic E-state index is 12.2. The van der Waals surface area contributed by atoms with Gasteiger partial charge in [-0.25, -0.2) is 0 Å². The lowest BCUT2D eigenvalue weighted by atomic mass is 10.1. The second-order valence-electron chi connectivity index (χ2n) is 4.86. The molecule has 1 aromatic heterocycles. The lowest BCUT2D eigenvalue weighted by Crippen LogP contribution is -2.11. The highest BCUT2D eigenvalue weighted by atomic mass is 127. The molecule has 0 fully saturated rings. The summed E-state index contributed by atoms with van der Waals surface area (Å²) in [5.41, 5.74) is 1.94. The largest absolute Gasteiger partial charge is 0.456 e. The number of rotatable bonds is 4. The number of anilines is 1. The average molecular weight is 403 g/mol. The topological polar surface area (TPSA) is 42.2 Å². The molecule has 0 spiro atoms. The van der Waals surface area contributed by atoms with Crippen molar-refractivity contribution in [1.29, 1.82) is 0 Å². The maximum atomic E-state index is 12.2. The Bertz CT molecular complexity index is 781. The van der Waals surface area contributed by atoms with Crippen molar-refractivity contribution in [2.24, 2.45) is 0 Å². The van der Waals surface area contributed by atoms with Crippen molar-refractivity contribution in [3.8, 4) is 0 Å². The van der Waals surface area contributed by atoms with Crippen molar-refractivity contribution < 1.29 is 9.21 Å². The molecule has 1 amide bonds. The maximum Gasteiger partial charge on any atom is 0.291 e. The molecule has 3 rings (SSSR count). The number of hydrogen-bond donors (Lipinski definition) is 1. The van der Waals surface area contributed by atoms with Crippen LogP contribution in [0.1, 0.15) is 21.9 Å². The van der Waals surface area contributed by atoms with Crippen LogP contribution >= 0.6 is 22.6 Å². The number of benzene rings is 2. The third-order valence-corrected chi connectivity index (χ3v) is 4.17. The molecule has 0 aliphatic carbocycles. The molecule has 2 aromatic carbocycles. The predicted molar refractivity (Wildman–Crippen MR) is 95.1 cm³/mol. The number of halogens is 1. The number of carbonyl (C=O) groups excluding carboxylic acids is 1. The Morgan fingerprint density at radius 1 is 0.955 bits per heavy atom. The zero-order valence-electron chi connectivity index (χ0n) is 11.8. The Balaban J connectivity index is 1.71. The Hall–Kier alpha value is -2.08. The molecule has 3 nitrogen and oxygen atoms in total. The fraction of sp³-hybridized carbons (Fsp3) is 0.0556. The van der Waals surface area contributed by atoms with E-state index < -0.39 is 0 Å². The van der Waals surface area contributed by atoms with Crippen molar-refractivity contribution in [2.45, 2.75) is 6.42 Å². The molecule has 1 N–H and O–H groups in total. The minimum absolute atomic E-state index is 0.233. The van der Waals surface area contributed by atoms with E-state index in [1.165, 1.54) is 0 Å². The monoisotopic (exact) mass is 403 g/mol. The molecule has 0 radical (unpaired) electrons. The molecule has 110 valence electrons. The average Bonchev–Trinajstić information content (AvgIpc) is 2.99. The highest BCUT2D eigenvalue weighted by Gasteiger charge is 2.12. The van der Waals surface area contributed by atoms with Crippen LogP contribution in [0.25, 0.3) is 0 Å². The molecule has 0 atom stereocenters. The first-order chi connectivity index (χ1) is 10.7. The van der Waals surface area contributed by atoms with Crippen molar-refractivity contribution in [3.63, 3.8) is 0 Å². The minimum Gasteiger partial charge on any atom is -0.456 e. The number of para-hydroxylation sites is 1. The van der Waals surface area contributed by atoms with Crippen molar-refractivity contribution in [1.82, 2.24) is 0 Å². The van der Waals surface area contributed by atoms with Crippen LogP contribution in [0, 0.1) is 3.57 Å². The standard InChI is InChI=1S/C18H14INO2/c19-15-8-4-5-9-16(15)20-18(21)17-11-10-14(22-17)12-13-6-2-1-3-7-13/h1-11H,12H2,(H,20,21). The van der Waals surface area contributed by atoms with E-state index in [4.69, 9.17) is 4.42 Å². The Morgan fingerprint density at radius 3 is 2.45 bits per heavy atom. The van der Waals surface area contributed by atoms with Gasteiger partial charge in [-0.05, 0) is 52.4 Å². The first-order valence-corrected chi connectivity index (χ1v) is 7.99. The van der Waals surface area contributed by atoms with Gasteiger partial charge in [-0.15, -0.1) is 0 Å². The van der Waals surface area contributed by atoms with Crippen LogP contribution in [0.3, 0.4) is 0 Å². The third-order valence-electron chi connectivity index (χ3n) is 3.23. The summed E-state index contributed by atoms with van der Waals surface area (Å²) in [5.74, 6) is 0.869. The SMILES string of the molecule is O=C(Nc1ccccc1I)c1ccc(Cc2ccccc2)o1. The van der Waals surface area contributed by atoms with Crippen molar-refractivity contribution in [3.05, 3.63) is 87.4 Å². The van der Waals surface area contributed by atoms with E-state index in [-0.39, 0.29) is 5.91 Å². The van der Waals surface area contributed by atoms with Crippen LogP contribution in [-0.4, -0.2) is 5.91 Å². The zero-order valence-corrected chi connectivity index (χ0v) is 13.9. The summed E-state index contributed by atoms with van der Waals surface area (Å²) in [4.78, 5) is 12.2. The zero-order chi connectivity index (χ0) is 15.4. The number of hydrogen-bond acceptors (Lipinski definition) is 2. The number of nitrogens with one attached hydrogen (secondary N) is 1. The molecule has 4 heteroatoms. The minimum atomic E-state index is -0.233. The summed E-state index contributed by atoms with van der Waals surface area (Å²) in [6, 6.07) is 21.2. The highest BCUT2D eigenvalue weighted by molar-refractivity contribution is 14.1. The van der Waals surface area contributed by atoms with Crippen molar-refractivity contribution in [2.75, 3.05) is 5.32 Å². The molecule has 0 bridgehead atoms. The van der Waals surface area contributed by atoms with E-state index in [2.05, 4.69) is 27.9 Å². The van der Waals surface area contributed by atoms with Gasteiger partial charge in [0.2, 0.25) is 0 Å². The van der Waals surface area contributed by atoms with Crippen molar-refractivity contribution >= 4 is 34.2 Å². The molecule has 3 aromatic rings. The van der Waals surface area contributed by atoms with Gasteiger partial charge < -0.3 is 9.73 Å². The lowest BCUT2D eigenvalue weighted by Gasteiger charge is -2.05. The van der Waals surface area contributed by atoms with E-state index in [0.29, 0.717) is 12.2 Å². The first kappa shape index (κ1) is 14.8. The number of carbonyl (C=O) groups is 1. The number of amides is 1. The quantitative estimate of drug-likeness (QED) is 0.641.